The van der Waals surface area contributed by atoms with Gasteiger partial charge in [0.05, 0.1) is 13.2 Å². The molecule has 1 aromatic carbocycles. The minimum absolute atomic E-state index is 0.00858. The first kappa shape index (κ1) is 23.9. The number of rotatable bonds is 7. The van der Waals surface area contributed by atoms with Crippen molar-refractivity contribution in [3.8, 4) is 0 Å². The molecule has 4 heteroatoms. The summed E-state index contributed by atoms with van der Waals surface area (Å²) in [6.45, 7) is 3.76. The summed E-state index contributed by atoms with van der Waals surface area (Å²) in [7, 11) is 0. The fourth-order valence-electron chi connectivity index (χ4n) is 6.15. The van der Waals surface area contributed by atoms with Gasteiger partial charge in [-0.05, 0) is 93.2 Å². The van der Waals surface area contributed by atoms with E-state index in [0.29, 0.717) is 11.8 Å². The van der Waals surface area contributed by atoms with Gasteiger partial charge in [-0.2, -0.15) is 0 Å². The molecule has 32 heavy (non-hydrogen) atoms. The van der Waals surface area contributed by atoms with Crippen molar-refractivity contribution >= 4 is 0 Å². The number of hydrogen-bond donors (Lipinski definition) is 0. The van der Waals surface area contributed by atoms with Crippen molar-refractivity contribution in [2.45, 2.75) is 83.8 Å². The van der Waals surface area contributed by atoms with E-state index >= 15 is 0 Å². The van der Waals surface area contributed by atoms with Gasteiger partial charge in [0, 0.05) is 11.8 Å². The molecule has 0 aromatic heterocycles. The standard InChI is InChI=1S/C28H40F2O2/c1-2-3-4-22-18-31-28(32-19-22)25-14-12-24(13-15-25)23-10-7-20(8-11-23)5-6-21-9-16-26(29)27(30)17-21/h3-4,9,16-17,20,22-25,28H,2,5-8,10-15,18-19H2,1H3/b4-3+/t20-,22-,23-,24-,25-,28-. The van der Waals surface area contributed by atoms with Gasteiger partial charge < -0.3 is 9.47 Å². The molecule has 0 bridgehead atoms. The lowest BCUT2D eigenvalue weighted by Gasteiger charge is -2.40. The number of aryl methyl sites for hydroxylation is 1. The Labute approximate surface area is 192 Å². The third kappa shape index (κ3) is 6.41. The molecule has 4 rings (SSSR count). The summed E-state index contributed by atoms with van der Waals surface area (Å²) in [5.74, 6) is 1.97. The van der Waals surface area contributed by atoms with Crippen LogP contribution in [0.5, 0.6) is 0 Å². The Kier molecular flexibility index (Phi) is 8.76. The zero-order valence-electron chi connectivity index (χ0n) is 19.6. The molecule has 3 aliphatic rings. The van der Waals surface area contributed by atoms with Crippen LogP contribution in [-0.4, -0.2) is 19.5 Å². The van der Waals surface area contributed by atoms with E-state index in [9.17, 15) is 8.78 Å². The van der Waals surface area contributed by atoms with Crippen LogP contribution in [0.25, 0.3) is 0 Å². The highest BCUT2D eigenvalue weighted by molar-refractivity contribution is 5.17. The molecule has 0 N–H and O–H groups in total. The molecule has 2 aliphatic carbocycles. The molecule has 1 aromatic rings. The number of allylic oxidation sites excluding steroid dienone is 1. The van der Waals surface area contributed by atoms with E-state index in [1.807, 2.05) is 0 Å². The average Bonchev–Trinajstić information content (AvgIpc) is 2.84. The van der Waals surface area contributed by atoms with Gasteiger partial charge in [-0.3, -0.25) is 0 Å². The van der Waals surface area contributed by atoms with Gasteiger partial charge in [0.1, 0.15) is 0 Å². The zero-order valence-corrected chi connectivity index (χ0v) is 19.6. The van der Waals surface area contributed by atoms with Gasteiger partial charge in [0.15, 0.2) is 17.9 Å². The van der Waals surface area contributed by atoms with E-state index in [1.54, 1.807) is 6.07 Å². The molecule has 2 saturated carbocycles. The third-order valence-corrected chi connectivity index (χ3v) is 8.18. The molecular formula is C28H40F2O2. The second kappa shape index (κ2) is 11.7. The SMILES string of the molecule is CC/C=C/[C@H]1CO[C@H]([C@H]2CC[C@H]([C@H]3CC[C@H](CCc4ccc(F)c(F)c4)CC3)CC2)OC1. The maximum absolute atomic E-state index is 13.4. The summed E-state index contributed by atoms with van der Waals surface area (Å²) in [6.07, 6.45) is 17.8. The van der Waals surface area contributed by atoms with Crippen LogP contribution in [0.3, 0.4) is 0 Å². The molecule has 0 spiro atoms. The summed E-state index contributed by atoms with van der Waals surface area (Å²) >= 11 is 0. The lowest BCUT2D eigenvalue weighted by molar-refractivity contribution is -0.223. The summed E-state index contributed by atoms with van der Waals surface area (Å²) < 4.78 is 38.7. The predicted octanol–water partition coefficient (Wildman–Crippen LogP) is 7.47. The summed E-state index contributed by atoms with van der Waals surface area (Å²) in [4.78, 5) is 0. The summed E-state index contributed by atoms with van der Waals surface area (Å²) in [5.41, 5.74) is 0.921. The van der Waals surface area contributed by atoms with Crippen molar-refractivity contribution in [1.82, 2.24) is 0 Å². The molecule has 178 valence electrons. The lowest BCUT2D eigenvalue weighted by Crippen LogP contribution is -2.38. The van der Waals surface area contributed by atoms with Crippen molar-refractivity contribution in [3.05, 3.63) is 47.5 Å². The van der Waals surface area contributed by atoms with Gasteiger partial charge in [-0.15, -0.1) is 0 Å². The minimum Gasteiger partial charge on any atom is -0.352 e. The zero-order chi connectivity index (χ0) is 22.3. The molecule has 1 aliphatic heterocycles. The molecule has 0 amide bonds. The molecule has 1 heterocycles. The average molecular weight is 447 g/mol. The first-order valence-corrected chi connectivity index (χ1v) is 13.0. The van der Waals surface area contributed by atoms with Crippen LogP contribution >= 0.6 is 0 Å². The van der Waals surface area contributed by atoms with E-state index < -0.39 is 11.6 Å². The molecule has 3 fully saturated rings. The number of hydrogen-bond acceptors (Lipinski definition) is 2. The Hall–Kier alpha value is -1.26. The quantitative estimate of drug-likeness (QED) is 0.405. The number of benzene rings is 1. The van der Waals surface area contributed by atoms with Gasteiger partial charge >= 0.3 is 0 Å². The van der Waals surface area contributed by atoms with Crippen molar-refractivity contribution in [3.63, 3.8) is 0 Å². The maximum atomic E-state index is 13.4. The summed E-state index contributed by atoms with van der Waals surface area (Å²) in [5, 5.41) is 0. The van der Waals surface area contributed by atoms with Gasteiger partial charge in [0.2, 0.25) is 0 Å². The van der Waals surface area contributed by atoms with Gasteiger partial charge in [-0.25, -0.2) is 8.78 Å². The number of ether oxygens (including phenoxy) is 2. The second-order valence-corrected chi connectivity index (χ2v) is 10.4. The van der Waals surface area contributed by atoms with E-state index in [0.717, 1.165) is 55.8 Å². The van der Waals surface area contributed by atoms with Crippen LogP contribution < -0.4 is 0 Å². The van der Waals surface area contributed by atoms with Crippen LogP contribution in [0.4, 0.5) is 8.78 Å². The molecule has 1 saturated heterocycles. The summed E-state index contributed by atoms with van der Waals surface area (Å²) in [6, 6.07) is 4.34. The van der Waals surface area contributed by atoms with E-state index in [2.05, 4.69) is 19.1 Å². The molecule has 0 radical (unpaired) electrons. The Morgan fingerprint density at radius 3 is 2.09 bits per heavy atom. The van der Waals surface area contributed by atoms with Crippen molar-refractivity contribution in [2.24, 2.45) is 29.6 Å². The van der Waals surface area contributed by atoms with E-state index in [4.69, 9.17) is 9.47 Å². The molecule has 0 atom stereocenters. The first-order chi connectivity index (χ1) is 15.6. The van der Waals surface area contributed by atoms with Gasteiger partial charge in [-0.1, -0.05) is 38.0 Å². The maximum Gasteiger partial charge on any atom is 0.160 e. The Morgan fingerprint density at radius 1 is 0.844 bits per heavy atom. The van der Waals surface area contributed by atoms with Gasteiger partial charge in [0.25, 0.3) is 0 Å². The van der Waals surface area contributed by atoms with Crippen molar-refractivity contribution in [1.29, 1.82) is 0 Å². The van der Waals surface area contributed by atoms with Crippen LogP contribution in [0.1, 0.15) is 76.7 Å². The van der Waals surface area contributed by atoms with Crippen LogP contribution in [-0.2, 0) is 15.9 Å². The lowest BCUT2D eigenvalue weighted by atomic mass is 9.68. The minimum atomic E-state index is -0.751. The molecular weight excluding hydrogens is 406 g/mol. The molecule has 2 nitrogen and oxygen atoms in total. The highest BCUT2D eigenvalue weighted by atomic mass is 19.2. The third-order valence-electron chi connectivity index (χ3n) is 8.18. The fourth-order valence-corrected chi connectivity index (χ4v) is 6.15. The van der Waals surface area contributed by atoms with Crippen LogP contribution in [0.15, 0.2) is 30.4 Å². The van der Waals surface area contributed by atoms with Crippen LogP contribution in [0.2, 0.25) is 0 Å². The normalized spacial score (nSPS) is 34.1. The van der Waals surface area contributed by atoms with E-state index in [-0.39, 0.29) is 6.29 Å². The Morgan fingerprint density at radius 2 is 1.47 bits per heavy atom. The highest BCUT2D eigenvalue weighted by Crippen LogP contribution is 2.43. The Balaban J connectivity index is 1.14. The highest BCUT2D eigenvalue weighted by Gasteiger charge is 2.35. The number of halogens is 2. The monoisotopic (exact) mass is 446 g/mol. The van der Waals surface area contributed by atoms with Crippen molar-refractivity contribution in [2.75, 3.05) is 13.2 Å². The first-order valence-electron chi connectivity index (χ1n) is 13.0. The topological polar surface area (TPSA) is 18.5 Å². The van der Waals surface area contributed by atoms with E-state index in [1.165, 1.54) is 63.5 Å². The fraction of sp³-hybridized carbons (Fsp3) is 0.714. The molecule has 0 unspecified atom stereocenters. The Bertz CT molecular complexity index is 725. The van der Waals surface area contributed by atoms with Crippen LogP contribution in [0, 0.1) is 41.2 Å². The largest absolute Gasteiger partial charge is 0.352 e. The smallest absolute Gasteiger partial charge is 0.160 e. The second-order valence-electron chi connectivity index (χ2n) is 10.4. The predicted molar refractivity (Wildman–Crippen MR) is 124 cm³/mol. The van der Waals surface area contributed by atoms with Crippen molar-refractivity contribution < 1.29 is 18.3 Å².